The van der Waals surface area contributed by atoms with Crippen molar-refractivity contribution in [1.82, 2.24) is 0 Å². The summed E-state index contributed by atoms with van der Waals surface area (Å²) >= 11 is 0. The van der Waals surface area contributed by atoms with Crippen molar-refractivity contribution in [2.45, 2.75) is 31.3 Å². The minimum Gasteiger partial charge on any atom is -0.508 e. The molecule has 0 bridgehead atoms. The predicted octanol–water partition coefficient (Wildman–Crippen LogP) is 2.54. The SMILES string of the molecule is Oc1cc(C2=CCC(c3ccc4c(c3)C=CC4C(O)O)=C2)ccc1CC(O)O. The van der Waals surface area contributed by atoms with Crippen molar-refractivity contribution in [2.24, 2.45) is 0 Å². The Morgan fingerprint density at radius 2 is 1.75 bits per heavy atom. The van der Waals surface area contributed by atoms with Gasteiger partial charge in [-0.25, -0.2) is 0 Å². The molecule has 2 aliphatic rings. The first-order valence-corrected chi connectivity index (χ1v) is 9.20. The third-order valence-electron chi connectivity index (χ3n) is 5.31. The van der Waals surface area contributed by atoms with Gasteiger partial charge in [0.15, 0.2) is 12.6 Å². The smallest absolute Gasteiger partial charge is 0.161 e. The van der Waals surface area contributed by atoms with Crippen LogP contribution in [0.15, 0.2) is 54.6 Å². The molecule has 144 valence electrons. The highest BCUT2D eigenvalue weighted by molar-refractivity contribution is 5.90. The summed E-state index contributed by atoms with van der Waals surface area (Å²) in [6.07, 6.45) is 5.75. The van der Waals surface area contributed by atoms with Gasteiger partial charge in [-0.3, -0.25) is 0 Å². The van der Waals surface area contributed by atoms with Gasteiger partial charge in [-0.1, -0.05) is 48.6 Å². The van der Waals surface area contributed by atoms with Crippen LogP contribution in [0.5, 0.6) is 5.75 Å². The van der Waals surface area contributed by atoms with Gasteiger partial charge in [-0.05, 0) is 57.5 Å². The van der Waals surface area contributed by atoms with E-state index < -0.39 is 12.6 Å². The molecule has 1 unspecified atom stereocenters. The van der Waals surface area contributed by atoms with E-state index in [0.717, 1.165) is 39.8 Å². The van der Waals surface area contributed by atoms with Crippen LogP contribution >= 0.6 is 0 Å². The lowest BCUT2D eigenvalue weighted by atomic mass is 9.95. The maximum Gasteiger partial charge on any atom is 0.161 e. The van der Waals surface area contributed by atoms with Crippen molar-refractivity contribution < 1.29 is 25.5 Å². The highest BCUT2D eigenvalue weighted by Gasteiger charge is 2.23. The third-order valence-corrected chi connectivity index (χ3v) is 5.31. The summed E-state index contributed by atoms with van der Waals surface area (Å²) in [5.41, 5.74) is 6.49. The van der Waals surface area contributed by atoms with E-state index in [1.165, 1.54) is 0 Å². The van der Waals surface area contributed by atoms with Gasteiger partial charge in [-0.2, -0.15) is 0 Å². The molecule has 1 atom stereocenters. The quantitative estimate of drug-likeness (QED) is 0.515. The number of hydrogen-bond acceptors (Lipinski definition) is 5. The summed E-state index contributed by atoms with van der Waals surface area (Å²) in [5.74, 6) is -0.334. The van der Waals surface area contributed by atoms with Crippen LogP contribution in [0.3, 0.4) is 0 Å². The molecule has 28 heavy (non-hydrogen) atoms. The normalized spacial score (nSPS) is 18.0. The van der Waals surface area contributed by atoms with Crippen LogP contribution in [-0.4, -0.2) is 38.1 Å². The number of benzene rings is 2. The summed E-state index contributed by atoms with van der Waals surface area (Å²) in [7, 11) is 0. The van der Waals surface area contributed by atoms with Crippen molar-refractivity contribution >= 4 is 17.2 Å². The number of aliphatic hydroxyl groups is 4. The summed E-state index contributed by atoms with van der Waals surface area (Å²) in [5, 5.41) is 47.2. The average Bonchev–Trinajstić information content (AvgIpc) is 3.29. The van der Waals surface area contributed by atoms with Gasteiger partial charge in [-0.15, -0.1) is 0 Å². The van der Waals surface area contributed by atoms with Crippen molar-refractivity contribution in [3.63, 3.8) is 0 Å². The van der Waals surface area contributed by atoms with E-state index in [0.29, 0.717) is 5.56 Å². The second-order valence-corrected chi connectivity index (χ2v) is 7.20. The molecule has 0 spiro atoms. The molecule has 0 aromatic heterocycles. The van der Waals surface area contributed by atoms with Gasteiger partial charge < -0.3 is 25.5 Å². The molecule has 5 N–H and O–H groups in total. The van der Waals surface area contributed by atoms with Gasteiger partial charge in [0.05, 0.1) is 5.92 Å². The number of aliphatic hydroxyl groups excluding tert-OH is 2. The Morgan fingerprint density at radius 1 is 0.964 bits per heavy atom. The molecule has 4 rings (SSSR count). The Balaban J connectivity index is 1.56. The number of phenols is 1. The van der Waals surface area contributed by atoms with E-state index in [-0.39, 0.29) is 18.1 Å². The Morgan fingerprint density at radius 3 is 2.46 bits per heavy atom. The Hall–Kier alpha value is -2.70. The molecule has 0 heterocycles. The maximum absolute atomic E-state index is 10.1. The molecule has 2 aromatic rings. The minimum absolute atomic E-state index is 0.0155. The monoisotopic (exact) mass is 378 g/mol. The van der Waals surface area contributed by atoms with Gasteiger partial charge in [0.1, 0.15) is 5.75 Å². The lowest BCUT2D eigenvalue weighted by molar-refractivity contribution is -0.0490. The average molecular weight is 378 g/mol. The molecule has 2 aromatic carbocycles. The van der Waals surface area contributed by atoms with Crippen molar-refractivity contribution in [3.05, 3.63) is 82.4 Å². The number of aromatic hydroxyl groups is 1. The van der Waals surface area contributed by atoms with E-state index in [1.807, 2.05) is 24.3 Å². The molecule has 0 aliphatic heterocycles. The first-order chi connectivity index (χ1) is 13.4. The number of allylic oxidation sites excluding steroid dienone is 4. The minimum atomic E-state index is -1.49. The van der Waals surface area contributed by atoms with E-state index in [1.54, 1.807) is 18.2 Å². The van der Waals surface area contributed by atoms with Crippen LogP contribution in [-0.2, 0) is 6.42 Å². The summed E-state index contributed by atoms with van der Waals surface area (Å²) in [6, 6.07) is 11.2. The van der Waals surface area contributed by atoms with Crippen LogP contribution in [0.1, 0.15) is 40.2 Å². The highest BCUT2D eigenvalue weighted by Crippen LogP contribution is 2.38. The molecule has 5 heteroatoms. The fourth-order valence-electron chi connectivity index (χ4n) is 3.83. The van der Waals surface area contributed by atoms with Gasteiger partial charge in [0.2, 0.25) is 0 Å². The van der Waals surface area contributed by atoms with E-state index in [9.17, 15) is 15.3 Å². The largest absolute Gasteiger partial charge is 0.508 e. The molecule has 0 amide bonds. The van der Waals surface area contributed by atoms with Crippen LogP contribution in [0, 0.1) is 0 Å². The molecule has 0 saturated heterocycles. The fourth-order valence-corrected chi connectivity index (χ4v) is 3.83. The molecular formula is C23H22O5. The zero-order valence-corrected chi connectivity index (χ0v) is 15.2. The summed E-state index contributed by atoms with van der Waals surface area (Å²) in [6.45, 7) is 0. The van der Waals surface area contributed by atoms with Gasteiger partial charge in [0, 0.05) is 6.42 Å². The van der Waals surface area contributed by atoms with Crippen molar-refractivity contribution in [2.75, 3.05) is 0 Å². The number of hydrogen-bond donors (Lipinski definition) is 5. The lowest BCUT2D eigenvalue weighted by Crippen LogP contribution is -2.14. The van der Waals surface area contributed by atoms with Gasteiger partial charge in [0.25, 0.3) is 0 Å². The van der Waals surface area contributed by atoms with Crippen LogP contribution < -0.4 is 0 Å². The molecule has 5 nitrogen and oxygen atoms in total. The second kappa shape index (κ2) is 7.37. The van der Waals surface area contributed by atoms with Crippen LogP contribution in [0.4, 0.5) is 0 Å². The maximum atomic E-state index is 10.1. The first-order valence-electron chi connectivity index (χ1n) is 9.20. The molecular weight excluding hydrogens is 356 g/mol. The molecule has 0 radical (unpaired) electrons. The Kier molecular flexibility index (Phi) is 4.91. The second-order valence-electron chi connectivity index (χ2n) is 7.20. The topological polar surface area (TPSA) is 101 Å². The molecule has 0 saturated carbocycles. The number of rotatable bonds is 5. The summed E-state index contributed by atoms with van der Waals surface area (Å²) in [4.78, 5) is 0. The zero-order valence-electron chi connectivity index (χ0n) is 15.2. The fraction of sp³-hybridized carbons (Fsp3) is 0.217. The van der Waals surface area contributed by atoms with Crippen molar-refractivity contribution in [1.29, 1.82) is 0 Å². The number of phenolic OH excluding ortho intramolecular Hbond substituents is 1. The van der Waals surface area contributed by atoms with Crippen molar-refractivity contribution in [3.8, 4) is 5.75 Å². The standard InChI is InChI=1S/C23H22O5/c24-21-11-16(3-4-18(21)12-22(25)26)14-2-1-13(9-14)15-5-7-19-17(10-15)6-8-20(19)23(27)28/h2-11,20,22-28H,1,12H2. The van der Waals surface area contributed by atoms with E-state index in [2.05, 4.69) is 18.2 Å². The number of fused-ring (bicyclic) bond motifs is 1. The summed E-state index contributed by atoms with van der Waals surface area (Å²) < 4.78 is 0. The molecule has 0 fully saturated rings. The highest BCUT2D eigenvalue weighted by atomic mass is 16.5. The lowest BCUT2D eigenvalue weighted by Gasteiger charge is -2.14. The van der Waals surface area contributed by atoms with E-state index in [4.69, 9.17) is 10.2 Å². The van der Waals surface area contributed by atoms with Crippen LogP contribution in [0.25, 0.3) is 17.2 Å². The predicted molar refractivity (Wildman–Crippen MR) is 107 cm³/mol. The first kappa shape index (κ1) is 18.7. The van der Waals surface area contributed by atoms with Crippen LogP contribution in [0.2, 0.25) is 0 Å². The molecule has 2 aliphatic carbocycles. The van der Waals surface area contributed by atoms with Gasteiger partial charge >= 0.3 is 0 Å². The zero-order chi connectivity index (χ0) is 19.8. The Labute approximate surface area is 162 Å². The third kappa shape index (κ3) is 3.53. The Bertz CT molecular complexity index is 998. The van der Waals surface area contributed by atoms with E-state index >= 15 is 0 Å².